The molecule has 0 fully saturated rings. The summed E-state index contributed by atoms with van der Waals surface area (Å²) in [5, 5.41) is 3.20. The molecule has 1 atom stereocenters. The van der Waals surface area contributed by atoms with Crippen LogP contribution in [-0.2, 0) is 27.2 Å². The molecule has 0 aliphatic heterocycles. The third-order valence-electron chi connectivity index (χ3n) is 3.43. The highest BCUT2D eigenvalue weighted by Crippen LogP contribution is 2.13. The summed E-state index contributed by atoms with van der Waals surface area (Å²) in [6.07, 6.45) is 0.311. The average molecular weight is 350 g/mol. The van der Waals surface area contributed by atoms with Gasteiger partial charge in [-0.05, 0) is 35.4 Å². The minimum atomic E-state index is -0.818. The van der Waals surface area contributed by atoms with E-state index in [1.807, 2.05) is 6.07 Å². The molecule has 2 aromatic carbocycles. The van der Waals surface area contributed by atoms with Gasteiger partial charge in [-0.2, -0.15) is 0 Å². The van der Waals surface area contributed by atoms with Crippen LogP contribution in [0.15, 0.2) is 48.5 Å². The number of hydrogen-bond acceptors (Lipinski definition) is 3. The van der Waals surface area contributed by atoms with Crippen molar-refractivity contribution in [3.05, 3.63) is 70.5 Å². The normalized spacial score (nSPS) is 11.6. The molecule has 0 heterocycles. The molecule has 24 heavy (non-hydrogen) atoms. The predicted molar refractivity (Wildman–Crippen MR) is 89.2 cm³/mol. The van der Waals surface area contributed by atoms with Crippen LogP contribution < -0.4 is 5.32 Å². The monoisotopic (exact) mass is 349 g/mol. The van der Waals surface area contributed by atoms with E-state index in [2.05, 4.69) is 5.32 Å². The van der Waals surface area contributed by atoms with Crippen LogP contribution in [0.2, 0.25) is 5.02 Å². The van der Waals surface area contributed by atoms with E-state index in [4.69, 9.17) is 16.3 Å². The van der Waals surface area contributed by atoms with Gasteiger partial charge in [-0.3, -0.25) is 4.79 Å². The first-order chi connectivity index (χ1) is 11.5. The quantitative estimate of drug-likeness (QED) is 0.816. The number of halogens is 2. The molecule has 6 heteroatoms. The Morgan fingerprint density at radius 2 is 1.88 bits per heavy atom. The molecule has 0 spiro atoms. The largest absolute Gasteiger partial charge is 0.467 e. The number of benzene rings is 2. The first kappa shape index (κ1) is 17.9. The van der Waals surface area contributed by atoms with E-state index in [-0.39, 0.29) is 24.6 Å². The fourth-order valence-corrected chi connectivity index (χ4v) is 2.48. The van der Waals surface area contributed by atoms with E-state index in [1.165, 1.54) is 31.4 Å². The van der Waals surface area contributed by atoms with Crippen LogP contribution >= 0.6 is 11.6 Å². The second-order valence-electron chi connectivity index (χ2n) is 5.28. The van der Waals surface area contributed by atoms with Gasteiger partial charge in [0.05, 0.1) is 13.5 Å². The van der Waals surface area contributed by atoms with Crippen molar-refractivity contribution in [1.29, 1.82) is 0 Å². The Morgan fingerprint density at radius 3 is 2.50 bits per heavy atom. The van der Waals surface area contributed by atoms with Gasteiger partial charge in [0.15, 0.2) is 0 Å². The Morgan fingerprint density at radius 1 is 1.17 bits per heavy atom. The summed E-state index contributed by atoms with van der Waals surface area (Å²) < 4.78 is 17.6. The van der Waals surface area contributed by atoms with Crippen LogP contribution in [0.3, 0.4) is 0 Å². The van der Waals surface area contributed by atoms with Gasteiger partial charge >= 0.3 is 5.97 Å². The van der Waals surface area contributed by atoms with E-state index in [1.54, 1.807) is 18.2 Å². The zero-order valence-electron chi connectivity index (χ0n) is 13.1. The molecule has 0 aromatic heterocycles. The molecule has 0 bridgehead atoms. The van der Waals surface area contributed by atoms with E-state index < -0.39 is 12.0 Å². The number of rotatable bonds is 6. The molecule has 0 unspecified atom stereocenters. The molecule has 2 aromatic rings. The molecule has 1 amide bonds. The number of amides is 1. The molecule has 1 N–H and O–H groups in total. The first-order valence-electron chi connectivity index (χ1n) is 7.34. The Kier molecular flexibility index (Phi) is 6.32. The van der Waals surface area contributed by atoms with Crippen molar-refractivity contribution < 1.29 is 18.7 Å². The van der Waals surface area contributed by atoms with E-state index >= 15 is 0 Å². The number of esters is 1. The van der Waals surface area contributed by atoms with Gasteiger partial charge in [-0.25, -0.2) is 9.18 Å². The topological polar surface area (TPSA) is 55.4 Å². The van der Waals surface area contributed by atoms with Crippen molar-refractivity contribution in [2.45, 2.75) is 18.9 Å². The van der Waals surface area contributed by atoms with Gasteiger partial charge in [-0.1, -0.05) is 35.9 Å². The van der Waals surface area contributed by atoms with Crippen molar-refractivity contribution in [3.8, 4) is 0 Å². The number of methoxy groups -OCH3 is 1. The Labute approximate surface area is 144 Å². The number of ether oxygens (including phenoxy) is 1. The summed E-state index contributed by atoms with van der Waals surface area (Å²) in [6.45, 7) is 0. The fraction of sp³-hybridized carbons (Fsp3) is 0.222. The highest BCUT2D eigenvalue weighted by Gasteiger charge is 2.22. The first-order valence-corrected chi connectivity index (χ1v) is 7.72. The lowest BCUT2D eigenvalue weighted by atomic mass is 10.1. The van der Waals surface area contributed by atoms with Crippen LogP contribution in [0.25, 0.3) is 0 Å². The molecule has 0 radical (unpaired) electrons. The van der Waals surface area contributed by atoms with Crippen molar-refractivity contribution in [2.24, 2.45) is 0 Å². The molecule has 2 rings (SSSR count). The minimum Gasteiger partial charge on any atom is -0.467 e. The summed E-state index contributed by atoms with van der Waals surface area (Å²) >= 11 is 5.93. The van der Waals surface area contributed by atoms with Crippen molar-refractivity contribution in [2.75, 3.05) is 7.11 Å². The zero-order chi connectivity index (χ0) is 17.5. The Bertz CT molecular complexity index is 718. The summed E-state index contributed by atoms with van der Waals surface area (Å²) in [4.78, 5) is 24.1. The summed E-state index contributed by atoms with van der Waals surface area (Å²) in [7, 11) is 1.26. The Balaban J connectivity index is 2.03. The molecule has 0 aliphatic carbocycles. The maximum atomic E-state index is 12.9. The summed E-state index contributed by atoms with van der Waals surface area (Å²) in [5.41, 5.74) is 1.46. The second-order valence-corrected chi connectivity index (χ2v) is 5.72. The highest BCUT2D eigenvalue weighted by atomic mass is 35.5. The van der Waals surface area contributed by atoms with E-state index in [9.17, 15) is 14.0 Å². The lowest BCUT2D eigenvalue weighted by Gasteiger charge is -2.17. The highest BCUT2D eigenvalue weighted by molar-refractivity contribution is 6.30. The van der Waals surface area contributed by atoms with Crippen molar-refractivity contribution in [1.82, 2.24) is 5.32 Å². The predicted octanol–water partition coefficient (Wildman–Crippen LogP) is 2.92. The second kappa shape index (κ2) is 8.45. The maximum Gasteiger partial charge on any atom is 0.328 e. The minimum absolute atomic E-state index is 0.0450. The van der Waals surface area contributed by atoms with Gasteiger partial charge in [0.1, 0.15) is 11.9 Å². The van der Waals surface area contributed by atoms with Crippen LogP contribution in [0.1, 0.15) is 11.1 Å². The van der Waals surface area contributed by atoms with Gasteiger partial charge in [-0.15, -0.1) is 0 Å². The van der Waals surface area contributed by atoms with Gasteiger partial charge in [0, 0.05) is 11.4 Å². The van der Waals surface area contributed by atoms with E-state index in [0.717, 1.165) is 5.56 Å². The van der Waals surface area contributed by atoms with Gasteiger partial charge in [0.2, 0.25) is 5.91 Å². The third-order valence-corrected chi connectivity index (χ3v) is 3.66. The number of hydrogen-bond donors (Lipinski definition) is 1. The summed E-state index contributed by atoms with van der Waals surface area (Å²) in [6, 6.07) is 11.8. The number of carbonyl (C=O) groups is 2. The SMILES string of the molecule is COC(=O)[C@H](Cc1cccc(Cl)c1)NC(=O)Cc1ccc(F)cc1. The van der Waals surface area contributed by atoms with Crippen LogP contribution in [0, 0.1) is 5.82 Å². The third kappa shape index (κ3) is 5.35. The van der Waals surface area contributed by atoms with Gasteiger partial charge < -0.3 is 10.1 Å². The van der Waals surface area contributed by atoms with Crippen LogP contribution in [0.5, 0.6) is 0 Å². The molecular formula is C18H17ClFNO3. The number of nitrogens with one attached hydrogen (secondary N) is 1. The Hall–Kier alpha value is -2.40. The lowest BCUT2D eigenvalue weighted by molar-refractivity contribution is -0.145. The van der Waals surface area contributed by atoms with Crippen LogP contribution in [0.4, 0.5) is 4.39 Å². The fourth-order valence-electron chi connectivity index (χ4n) is 2.27. The van der Waals surface area contributed by atoms with Crippen molar-refractivity contribution >= 4 is 23.5 Å². The van der Waals surface area contributed by atoms with Crippen LogP contribution in [-0.4, -0.2) is 25.0 Å². The maximum absolute atomic E-state index is 12.9. The zero-order valence-corrected chi connectivity index (χ0v) is 13.8. The summed E-state index contributed by atoms with van der Waals surface area (Å²) in [5.74, 6) is -1.26. The smallest absolute Gasteiger partial charge is 0.328 e. The molecule has 0 saturated heterocycles. The molecule has 4 nitrogen and oxygen atoms in total. The molecule has 0 aliphatic rings. The standard InChI is InChI=1S/C18H17ClFNO3/c1-24-18(23)16(10-13-3-2-4-14(19)9-13)21-17(22)11-12-5-7-15(20)8-6-12/h2-9,16H,10-11H2,1H3,(H,21,22)/t16-/m0/s1. The number of carbonyl (C=O) groups excluding carboxylic acids is 2. The molecule has 0 saturated carbocycles. The van der Waals surface area contributed by atoms with E-state index in [0.29, 0.717) is 10.6 Å². The molecular weight excluding hydrogens is 333 g/mol. The van der Waals surface area contributed by atoms with Gasteiger partial charge in [0.25, 0.3) is 0 Å². The van der Waals surface area contributed by atoms with Crippen molar-refractivity contribution in [3.63, 3.8) is 0 Å². The average Bonchev–Trinajstić information content (AvgIpc) is 2.55. The molecule has 126 valence electrons. The lowest BCUT2D eigenvalue weighted by Crippen LogP contribution is -2.43.